The fraction of sp³-hybridized carbons (Fsp3) is 0.500. The third-order valence-electron chi connectivity index (χ3n) is 2.99. The molecule has 0 aliphatic carbocycles. The van der Waals surface area contributed by atoms with Gasteiger partial charge in [-0.2, -0.15) is 0 Å². The molecule has 1 aromatic carbocycles. The van der Waals surface area contributed by atoms with E-state index in [-0.39, 0.29) is 5.91 Å². The predicted molar refractivity (Wildman–Crippen MR) is 69.0 cm³/mol. The maximum atomic E-state index is 11.3. The van der Waals surface area contributed by atoms with Crippen LogP contribution in [-0.2, 0) is 11.2 Å². The first-order chi connectivity index (χ1) is 7.47. The third-order valence-corrected chi connectivity index (χ3v) is 2.99. The summed E-state index contributed by atoms with van der Waals surface area (Å²) in [5.74, 6) is 0.603. The van der Waals surface area contributed by atoms with Crippen LogP contribution in [0.2, 0.25) is 0 Å². The standard InChI is InChI=1S/C14H21NO/c1-6-12-9-13(15(5)11(4)16)7-8-14(12)10(2)3/h7-10H,6H2,1-5H3. The molecule has 0 unspecified atom stereocenters. The SMILES string of the molecule is CCc1cc(N(C)C(C)=O)ccc1C(C)C. The first-order valence-electron chi connectivity index (χ1n) is 5.84. The monoisotopic (exact) mass is 219 g/mol. The van der Waals surface area contributed by atoms with Crippen molar-refractivity contribution < 1.29 is 4.79 Å². The van der Waals surface area contributed by atoms with E-state index in [2.05, 4.69) is 32.9 Å². The van der Waals surface area contributed by atoms with Crippen molar-refractivity contribution in [3.05, 3.63) is 29.3 Å². The molecule has 0 aromatic heterocycles. The zero-order chi connectivity index (χ0) is 12.3. The molecule has 2 nitrogen and oxygen atoms in total. The molecule has 0 aliphatic heterocycles. The summed E-state index contributed by atoms with van der Waals surface area (Å²) in [5.41, 5.74) is 3.69. The van der Waals surface area contributed by atoms with Crippen LogP contribution in [-0.4, -0.2) is 13.0 Å². The Labute approximate surface area is 98.3 Å². The third kappa shape index (κ3) is 2.63. The van der Waals surface area contributed by atoms with Crippen molar-refractivity contribution in [1.29, 1.82) is 0 Å². The molecule has 16 heavy (non-hydrogen) atoms. The van der Waals surface area contributed by atoms with Crippen LogP contribution in [0.1, 0.15) is 44.7 Å². The Kier molecular flexibility index (Phi) is 4.11. The highest BCUT2D eigenvalue weighted by Crippen LogP contribution is 2.25. The summed E-state index contributed by atoms with van der Waals surface area (Å²) >= 11 is 0. The van der Waals surface area contributed by atoms with E-state index in [0.29, 0.717) is 5.92 Å². The molecule has 0 aliphatic rings. The number of amides is 1. The van der Waals surface area contributed by atoms with Gasteiger partial charge in [-0.3, -0.25) is 4.79 Å². The number of aryl methyl sites for hydroxylation is 1. The molecule has 0 heterocycles. The molecule has 0 saturated heterocycles. The minimum absolute atomic E-state index is 0.0688. The Morgan fingerprint density at radius 3 is 2.44 bits per heavy atom. The predicted octanol–water partition coefficient (Wildman–Crippen LogP) is 3.36. The number of hydrogen-bond acceptors (Lipinski definition) is 1. The van der Waals surface area contributed by atoms with Crippen molar-refractivity contribution in [2.45, 2.75) is 40.0 Å². The molecule has 88 valence electrons. The number of benzene rings is 1. The average molecular weight is 219 g/mol. The van der Waals surface area contributed by atoms with E-state index in [0.717, 1.165) is 12.1 Å². The van der Waals surface area contributed by atoms with Gasteiger partial charge in [0.1, 0.15) is 0 Å². The Balaban J connectivity index is 3.13. The highest BCUT2D eigenvalue weighted by Gasteiger charge is 2.10. The number of hydrogen-bond donors (Lipinski definition) is 0. The number of carbonyl (C=O) groups excluding carboxylic acids is 1. The normalized spacial score (nSPS) is 10.6. The van der Waals surface area contributed by atoms with Crippen LogP contribution in [0.3, 0.4) is 0 Å². The summed E-state index contributed by atoms with van der Waals surface area (Å²) < 4.78 is 0. The molecule has 1 amide bonds. The van der Waals surface area contributed by atoms with E-state index in [1.54, 1.807) is 11.8 Å². The summed E-state index contributed by atoms with van der Waals surface area (Å²) in [5, 5.41) is 0. The van der Waals surface area contributed by atoms with Crippen LogP contribution in [0.15, 0.2) is 18.2 Å². The number of nitrogens with zero attached hydrogens (tertiary/aromatic N) is 1. The lowest BCUT2D eigenvalue weighted by Crippen LogP contribution is -2.23. The minimum Gasteiger partial charge on any atom is -0.316 e. The molecule has 1 rings (SSSR count). The second-order valence-electron chi connectivity index (χ2n) is 4.47. The Morgan fingerprint density at radius 1 is 1.38 bits per heavy atom. The van der Waals surface area contributed by atoms with E-state index in [1.807, 2.05) is 13.1 Å². The van der Waals surface area contributed by atoms with Crippen LogP contribution in [0, 0.1) is 0 Å². The lowest BCUT2D eigenvalue weighted by atomic mass is 9.95. The van der Waals surface area contributed by atoms with Gasteiger partial charge in [-0.1, -0.05) is 26.8 Å². The van der Waals surface area contributed by atoms with Gasteiger partial charge in [0.2, 0.25) is 5.91 Å². The zero-order valence-electron chi connectivity index (χ0n) is 10.9. The summed E-state index contributed by atoms with van der Waals surface area (Å²) in [4.78, 5) is 13.0. The van der Waals surface area contributed by atoms with Crippen LogP contribution in [0.5, 0.6) is 0 Å². The van der Waals surface area contributed by atoms with E-state index < -0.39 is 0 Å². The molecule has 0 N–H and O–H groups in total. The maximum absolute atomic E-state index is 11.3. The molecule has 0 atom stereocenters. The van der Waals surface area contributed by atoms with Crippen molar-refractivity contribution in [1.82, 2.24) is 0 Å². The fourth-order valence-electron chi connectivity index (χ4n) is 1.85. The average Bonchev–Trinajstić information content (AvgIpc) is 2.26. The molecule has 0 fully saturated rings. The highest BCUT2D eigenvalue weighted by molar-refractivity contribution is 5.90. The van der Waals surface area contributed by atoms with Gasteiger partial charge in [-0.25, -0.2) is 0 Å². The smallest absolute Gasteiger partial charge is 0.223 e. The van der Waals surface area contributed by atoms with Gasteiger partial charge >= 0.3 is 0 Å². The van der Waals surface area contributed by atoms with Crippen molar-refractivity contribution >= 4 is 11.6 Å². The Bertz CT molecular complexity index is 382. The molecular weight excluding hydrogens is 198 g/mol. The molecule has 1 aromatic rings. The summed E-state index contributed by atoms with van der Waals surface area (Å²) in [6.07, 6.45) is 1.01. The molecule has 0 radical (unpaired) electrons. The topological polar surface area (TPSA) is 20.3 Å². The Morgan fingerprint density at radius 2 is 2.00 bits per heavy atom. The van der Waals surface area contributed by atoms with Crippen LogP contribution in [0.25, 0.3) is 0 Å². The lowest BCUT2D eigenvalue weighted by Gasteiger charge is -2.19. The summed E-state index contributed by atoms with van der Waals surface area (Å²) in [7, 11) is 1.81. The fourth-order valence-corrected chi connectivity index (χ4v) is 1.85. The quantitative estimate of drug-likeness (QED) is 0.763. The second kappa shape index (κ2) is 5.15. The van der Waals surface area contributed by atoms with Gasteiger partial charge in [0, 0.05) is 19.7 Å². The van der Waals surface area contributed by atoms with Crippen molar-refractivity contribution in [2.75, 3.05) is 11.9 Å². The van der Waals surface area contributed by atoms with Crippen LogP contribution in [0.4, 0.5) is 5.69 Å². The lowest BCUT2D eigenvalue weighted by molar-refractivity contribution is -0.116. The Hall–Kier alpha value is -1.31. The van der Waals surface area contributed by atoms with Crippen molar-refractivity contribution in [3.63, 3.8) is 0 Å². The molecular formula is C14H21NO. The molecule has 0 spiro atoms. The summed E-state index contributed by atoms with van der Waals surface area (Å²) in [6, 6.07) is 6.28. The van der Waals surface area contributed by atoms with Gasteiger partial charge < -0.3 is 4.90 Å². The van der Waals surface area contributed by atoms with Gasteiger partial charge in [0.05, 0.1) is 0 Å². The van der Waals surface area contributed by atoms with Crippen molar-refractivity contribution in [2.24, 2.45) is 0 Å². The van der Waals surface area contributed by atoms with E-state index in [1.165, 1.54) is 11.1 Å². The maximum Gasteiger partial charge on any atom is 0.223 e. The van der Waals surface area contributed by atoms with Gasteiger partial charge in [0.15, 0.2) is 0 Å². The molecule has 0 saturated carbocycles. The van der Waals surface area contributed by atoms with Crippen LogP contribution < -0.4 is 4.90 Å². The highest BCUT2D eigenvalue weighted by atomic mass is 16.2. The van der Waals surface area contributed by atoms with E-state index in [9.17, 15) is 4.79 Å². The van der Waals surface area contributed by atoms with Gasteiger partial charge in [-0.15, -0.1) is 0 Å². The molecule has 0 bridgehead atoms. The van der Waals surface area contributed by atoms with Crippen LogP contribution >= 0.6 is 0 Å². The van der Waals surface area contributed by atoms with Crippen molar-refractivity contribution in [3.8, 4) is 0 Å². The number of rotatable bonds is 3. The van der Waals surface area contributed by atoms with E-state index in [4.69, 9.17) is 0 Å². The number of carbonyl (C=O) groups is 1. The van der Waals surface area contributed by atoms with Gasteiger partial charge in [-0.05, 0) is 35.6 Å². The molecule has 2 heteroatoms. The minimum atomic E-state index is 0.0688. The number of anilines is 1. The zero-order valence-corrected chi connectivity index (χ0v) is 10.9. The van der Waals surface area contributed by atoms with E-state index >= 15 is 0 Å². The first-order valence-corrected chi connectivity index (χ1v) is 5.84. The summed E-state index contributed by atoms with van der Waals surface area (Å²) in [6.45, 7) is 8.13. The largest absolute Gasteiger partial charge is 0.316 e. The first kappa shape index (κ1) is 12.8. The second-order valence-corrected chi connectivity index (χ2v) is 4.47. The van der Waals surface area contributed by atoms with Gasteiger partial charge in [0.25, 0.3) is 0 Å².